The van der Waals surface area contributed by atoms with E-state index in [2.05, 4.69) is 5.32 Å². The Bertz CT molecular complexity index is 1420. The lowest BCUT2D eigenvalue weighted by atomic mass is 9.95. The molecule has 0 spiro atoms. The molecule has 5 rings (SSSR count). The Balaban J connectivity index is 1.57. The molecule has 2 N–H and O–H groups in total. The van der Waals surface area contributed by atoms with Gasteiger partial charge in [0.15, 0.2) is 5.11 Å². The minimum absolute atomic E-state index is 0.214. The Hall–Kier alpha value is -4.10. The summed E-state index contributed by atoms with van der Waals surface area (Å²) in [6, 6.07) is 26.9. The number of rotatable bonds is 5. The van der Waals surface area contributed by atoms with Gasteiger partial charge in [0, 0.05) is 34.7 Å². The summed E-state index contributed by atoms with van der Waals surface area (Å²) in [6.07, 6.45) is 0.533. The number of benzene rings is 4. The van der Waals surface area contributed by atoms with Crippen molar-refractivity contribution in [1.82, 2.24) is 5.01 Å². The summed E-state index contributed by atoms with van der Waals surface area (Å²) in [5.41, 5.74) is 3.22. The molecule has 0 saturated carbocycles. The Kier molecular flexibility index (Phi) is 6.25. The van der Waals surface area contributed by atoms with E-state index in [9.17, 15) is 5.11 Å². The third kappa shape index (κ3) is 4.38. The van der Waals surface area contributed by atoms with Gasteiger partial charge in [-0.25, -0.2) is 5.01 Å². The van der Waals surface area contributed by atoms with Crippen LogP contribution in [0.3, 0.4) is 0 Å². The van der Waals surface area contributed by atoms with Gasteiger partial charge in [0.1, 0.15) is 17.2 Å². The van der Waals surface area contributed by atoms with Crippen molar-refractivity contribution in [1.29, 1.82) is 0 Å². The summed E-state index contributed by atoms with van der Waals surface area (Å²) in [5, 5.41) is 23.3. The lowest BCUT2D eigenvalue weighted by Gasteiger charge is -2.26. The highest BCUT2D eigenvalue weighted by molar-refractivity contribution is 7.80. The molecule has 0 aromatic heterocycles. The molecule has 0 fully saturated rings. The molecule has 176 valence electrons. The first-order chi connectivity index (χ1) is 17.1. The van der Waals surface area contributed by atoms with E-state index in [1.807, 2.05) is 84.9 Å². The predicted molar refractivity (Wildman–Crippen MR) is 144 cm³/mol. The van der Waals surface area contributed by atoms with E-state index in [1.165, 1.54) is 0 Å². The Morgan fingerprint density at radius 1 is 0.971 bits per heavy atom. The summed E-state index contributed by atoms with van der Waals surface area (Å²) < 4.78 is 11.1. The second kappa shape index (κ2) is 9.64. The molecule has 4 aromatic rings. The fourth-order valence-corrected chi connectivity index (χ4v) is 4.67. The highest BCUT2D eigenvalue weighted by Gasteiger charge is 2.34. The normalized spacial score (nSPS) is 15.1. The molecule has 0 aliphatic carbocycles. The smallest absolute Gasteiger partial charge is 0.194 e. The second-order valence-corrected chi connectivity index (χ2v) is 8.58. The van der Waals surface area contributed by atoms with Gasteiger partial charge in [0.05, 0.1) is 26.0 Å². The summed E-state index contributed by atoms with van der Waals surface area (Å²) in [5.74, 6) is 1.60. The minimum atomic E-state index is -0.236. The van der Waals surface area contributed by atoms with Crippen LogP contribution in [-0.2, 0) is 0 Å². The number of anilines is 1. The van der Waals surface area contributed by atoms with Crippen molar-refractivity contribution in [2.45, 2.75) is 12.5 Å². The van der Waals surface area contributed by atoms with Gasteiger partial charge < -0.3 is 19.9 Å². The van der Waals surface area contributed by atoms with E-state index in [-0.39, 0.29) is 11.8 Å². The van der Waals surface area contributed by atoms with Crippen LogP contribution in [0.15, 0.2) is 90.0 Å². The maximum Gasteiger partial charge on any atom is 0.194 e. The Morgan fingerprint density at radius 2 is 1.74 bits per heavy atom. The third-order valence-corrected chi connectivity index (χ3v) is 6.44. The first-order valence-electron chi connectivity index (χ1n) is 11.2. The van der Waals surface area contributed by atoms with Gasteiger partial charge in [-0.15, -0.1) is 0 Å². The number of thiocarbonyl (C=S) groups is 1. The highest BCUT2D eigenvalue weighted by atomic mass is 32.1. The van der Waals surface area contributed by atoms with Crippen molar-refractivity contribution in [2.24, 2.45) is 5.10 Å². The van der Waals surface area contributed by atoms with Crippen LogP contribution in [0.5, 0.6) is 17.2 Å². The molecular formula is C28H25N3O3S. The lowest BCUT2D eigenvalue weighted by molar-refractivity contribution is 0.346. The SMILES string of the molecule is COc1ccc(C2CC(c3ccc4ccccc4c3O)=NN2C(=S)Nc2ccccc2)c(OC)c1. The number of phenols is 1. The van der Waals surface area contributed by atoms with E-state index < -0.39 is 0 Å². The number of hydrogen-bond donors (Lipinski definition) is 2. The van der Waals surface area contributed by atoms with Crippen LogP contribution in [0.25, 0.3) is 10.8 Å². The summed E-state index contributed by atoms with van der Waals surface area (Å²) in [7, 11) is 3.26. The first kappa shape index (κ1) is 22.7. The zero-order valence-electron chi connectivity index (χ0n) is 19.4. The molecule has 6 nitrogen and oxygen atoms in total. The number of hydrogen-bond acceptors (Lipinski definition) is 5. The summed E-state index contributed by atoms with van der Waals surface area (Å²) in [6.45, 7) is 0. The number of aromatic hydroxyl groups is 1. The first-order valence-corrected chi connectivity index (χ1v) is 11.7. The average molecular weight is 484 g/mol. The number of phenolic OH excluding ortho intramolecular Hbond substituents is 1. The van der Waals surface area contributed by atoms with Crippen molar-refractivity contribution in [2.75, 3.05) is 19.5 Å². The van der Waals surface area contributed by atoms with Gasteiger partial charge in [0.25, 0.3) is 0 Å². The number of hydrazone groups is 1. The van der Waals surface area contributed by atoms with Crippen LogP contribution in [0, 0.1) is 0 Å². The van der Waals surface area contributed by atoms with E-state index >= 15 is 0 Å². The molecule has 0 radical (unpaired) electrons. The summed E-state index contributed by atoms with van der Waals surface area (Å²) in [4.78, 5) is 0. The molecule has 7 heteroatoms. The average Bonchev–Trinajstić information content (AvgIpc) is 3.34. The quantitative estimate of drug-likeness (QED) is 0.334. The van der Waals surface area contributed by atoms with E-state index in [1.54, 1.807) is 19.2 Å². The Labute approximate surface area is 209 Å². The standard InChI is InChI=1S/C28H25N3O3S/c1-33-20-13-15-23(26(16-20)34-2)25-17-24(22-14-12-18-8-6-7-11-21(18)27(22)32)30-31(25)28(35)29-19-9-4-3-5-10-19/h3-16,25,32H,17H2,1-2H3,(H,29,35). The van der Waals surface area contributed by atoms with Crippen molar-refractivity contribution in [3.05, 3.63) is 96.1 Å². The van der Waals surface area contributed by atoms with Crippen molar-refractivity contribution < 1.29 is 14.6 Å². The number of nitrogens with one attached hydrogen (secondary N) is 1. The molecular weight excluding hydrogens is 458 g/mol. The van der Waals surface area contributed by atoms with Crippen molar-refractivity contribution in [3.8, 4) is 17.2 Å². The Morgan fingerprint density at radius 3 is 2.51 bits per heavy atom. The molecule has 1 unspecified atom stereocenters. The highest BCUT2D eigenvalue weighted by Crippen LogP contribution is 2.41. The van der Waals surface area contributed by atoms with Crippen LogP contribution >= 0.6 is 12.2 Å². The molecule has 0 saturated heterocycles. The van der Waals surface area contributed by atoms with Crippen LogP contribution < -0.4 is 14.8 Å². The van der Waals surface area contributed by atoms with Gasteiger partial charge in [-0.3, -0.25) is 0 Å². The van der Waals surface area contributed by atoms with Crippen molar-refractivity contribution >= 4 is 39.5 Å². The van der Waals surface area contributed by atoms with Crippen molar-refractivity contribution in [3.63, 3.8) is 0 Å². The fraction of sp³-hybridized carbons (Fsp3) is 0.143. The van der Waals surface area contributed by atoms with Gasteiger partial charge in [0.2, 0.25) is 0 Å². The second-order valence-electron chi connectivity index (χ2n) is 8.20. The number of nitrogens with zero attached hydrogens (tertiary/aromatic N) is 2. The number of ether oxygens (including phenoxy) is 2. The maximum atomic E-state index is 11.1. The van der Waals surface area contributed by atoms with Crippen LogP contribution in [0.2, 0.25) is 0 Å². The molecule has 1 atom stereocenters. The minimum Gasteiger partial charge on any atom is -0.507 e. The van der Waals surface area contributed by atoms with Gasteiger partial charge in [-0.1, -0.05) is 48.5 Å². The summed E-state index contributed by atoms with van der Waals surface area (Å²) >= 11 is 5.79. The van der Waals surface area contributed by atoms with E-state index in [4.69, 9.17) is 26.8 Å². The van der Waals surface area contributed by atoms with Crippen LogP contribution in [-0.4, -0.2) is 35.2 Å². The molecule has 1 heterocycles. The van der Waals surface area contributed by atoms with Gasteiger partial charge in [-0.2, -0.15) is 5.10 Å². The molecule has 4 aromatic carbocycles. The fourth-order valence-electron chi connectivity index (χ4n) is 4.39. The maximum absolute atomic E-state index is 11.1. The van der Waals surface area contributed by atoms with Crippen LogP contribution in [0.1, 0.15) is 23.6 Å². The van der Waals surface area contributed by atoms with E-state index in [0.717, 1.165) is 27.7 Å². The number of methoxy groups -OCH3 is 2. The number of para-hydroxylation sites is 1. The van der Waals surface area contributed by atoms with E-state index in [0.29, 0.717) is 28.6 Å². The topological polar surface area (TPSA) is 66.3 Å². The monoisotopic (exact) mass is 483 g/mol. The largest absolute Gasteiger partial charge is 0.507 e. The molecule has 0 amide bonds. The molecule has 0 bridgehead atoms. The molecule has 1 aliphatic rings. The van der Waals surface area contributed by atoms with Crippen LogP contribution in [0.4, 0.5) is 5.69 Å². The zero-order valence-corrected chi connectivity index (χ0v) is 20.3. The zero-order chi connectivity index (χ0) is 24.4. The number of fused-ring (bicyclic) bond motifs is 1. The van der Waals surface area contributed by atoms with Gasteiger partial charge in [-0.05, 0) is 47.9 Å². The third-order valence-electron chi connectivity index (χ3n) is 6.15. The predicted octanol–water partition coefficient (Wildman–Crippen LogP) is 6.11. The molecule has 1 aliphatic heterocycles. The van der Waals surface area contributed by atoms with Gasteiger partial charge >= 0.3 is 0 Å². The lowest BCUT2D eigenvalue weighted by Crippen LogP contribution is -2.31. The molecule has 35 heavy (non-hydrogen) atoms.